The summed E-state index contributed by atoms with van der Waals surface area (Å²) in [4.78, 5) is 34.6. The third-order valence-corrected chi connectivity index (χ3v) is 4.20. The van der Waals surface area contributed by atoms with Crippen LogP contribution in [0.2, 0.25) is 0 Å². The van der Waals surface area contributed by atoms with Crippen LogP contribution in [0.15, 0.2) is 0 Å². The summed E-state index contributed by atoms with van der Waals surface area (Å²) < 4.78 is 17.1. The van der Waals surface area contributed by atoms with Gasteiger partial charge in [0.15, 0.2) is 0 Å². The van der Waals surface area contributed by atoms with Gasteiger partial charge in [0.25, 0.3) is 0 Å². The topological polar surface area (TPSA) is 115 Å². The van der Waals surface area contributed by atoms with Crippen molar-refractivity contribution in [3.63, 3.8) is 0 Å². The Morgan fingerprint density at radius 2 is 1.07 bits per heavy atom. The second-order valence-electron chi connectivity index (χ2n) is 7.59. The standard InChI is InChI=1S/C21H41N3O6/c1-5-10-23-19(26)8-13-29-16-21(3,15-28-12-7-18(25)22-4)17-30-14-9-20(27)24-11-6-2/h5-17H2,1-4H3,(H,22,25)(H,23,26)(H,24,27). The van der Waals surface area contributed by atoms with Gasteiger partial charge in [0.2, 0.25) is 17.7 Å². The Kier molecular flexibility index (Phi) is 17.1. The van der Waals surface area contributed by atoms with Crippen molar-refractivity contribution in [3.8, 4) is 0 Å². The van der Waals surface area contributed by atoms with Crippen molar-refractivity contribution in [2.45, 2.75) is 52.9 Å². The van der Waals surface area contributed by atoms with Gasteiger partial charge in [0.05, 0.1) is 39.6 Å². The predicted octanol–water partition coefficient (Wildman–Crippen LogP) is 1.01. The third kappa shape index (κ3) is 16.1. The Balaban J connectivity index is 4.36. The molecule has 0 aliphatic heterocycles. The van der Waals surface area contributed by atoms with E-state index in [0.717, 1.165) is 12.8 Å². The van der Waals surface area contributed by atoms with Gasteiger partial charge in [-0.25, -0.2) is 0 Å². The molecule has 0 aromatic rings. The maximum atomic E-state index is 11.7. The monoisotopic (exact) mass is 431 g/mol. The van der Waals surface area contributed by atoms with Crippen LogP contribution in [0, 0.1) is 5.41 Å². The molecular weight excluding hydrogens is 390 g/mol. The molecule has 0 atom stereocenters. The van der Waals surface area contributed by atoms with Crippen LogP contribution in [0.4, 0.5) is 0 Å². The zero-order valence-corrected chi connectivity index (χ0v) is 19.1. The van der Waals surface area contributed by atoms with Gasteiger partial charge in [-0.2, -0.15) is 0 Å². The van der Waals surface area contributed by atoms with E-state index in [-0.39, 0.29) is 24.1 Å². The van der Waals surface area contributed by atoms with E-state index in [1.807, 2.05) is 20.8 Å². The largest absolute Gasteiger partial charge is 0.380 e. The second-order valence-corrected chi connectivity index (χ2v) is 7.59. The molecule has 0 aliphatic rings. The highest BCUT2D eigenvalue weighted by Gasteiger charge is 2.26. The first-order chi connectivity index (χ1) is 14.4. The molecule has 0 saturated carbocycles. The number of nitrogens with one attached hydrogen (secondary N) is 3. The number of carbonyl (C=O) groups excluding carboxylic acids is 3. The van der Waals surface area contributed by atoms with Crippen LogP contribution in [-0.2, 0) is 28.6 Å². The summed E-state index contributed by atoms with van der Waals surface area (Å²) in [5.41, 5.74) is -0.456. The first kappa shape index (κ1) is 28.3. The van der Waals surface area contributed by atoms with Crippen molar-refractivity contribution >= 4 is 17.7 Å². The number of amides is 3. The minimum atomic E-state index is -0.456. The van der Waals surface area contributed by atoms with E-state index in [2.05, 4.69) is 16.0 Å². The highest BCUT2D eigenvalue weighted by atomic mass is 16.5. The summed E-state index contributed by atoms with van der Waals surface area (Å²) in [5, 5.41) is 8.17. The molecule has 0 aromatic heterocycles. The molecule has 0 radical (unpaired) electrons. The molecule has 0 aromatic carbocycles. The maximum Gasteiger partial charge on any atom is 0.222 e. The van der Waals surface area contributed by atoms with Crippen LogP contribution < -0.4 is 16.0 Å². The molecule has 0 aliphatic carbocycles. The minimum absolute atomic E-state index is 0.0327. The Morgan fingerprint density at radius 1 is 0.700 bits per heavy atom. The van der Waals surface area contributed by atoms with Crippen molar-refractivity contribution in [1.29, 1.82) is 0 Å². The van der Waals surface area contributed by atoms with Gasteiger partial charge >= 0.3 is 0 Å². The van der Waals surface area contributed by atoms with Crippen LogP contribution in [0.1, 0.15) is 52.9 Å². The summed E-state index contributed by atoms with van der Waals surface area (Å²) in [7, 11) is 1.58. The zero-order valence-electron chi connectivity index (χ0n) is 19.1. The molecule has 3 N–H and O–H groups in total. The summed E-state index contributed by atoms with van der Waals surface area (Å²) in [6.45, 7) is 9.23. The number of ether oxygens (including phenoxy) is 3. The van der Waals surface area contributed by atoms with Crippen molar-refractivity contribution in [2.75, 3.05) is 59.8 Å². The quantitative estimate of drug-likeness (QED) is 0.263. The SMILES string of the molecule is CCCNC(=O)CCOCC(C)(COCCC(=O)NC)COCCC(=O)NCCC. The van der Waals surface area contributed by atoms with E-state index in [4.69, 9.17) is 14.2 Å². The lowest BCUT2D eigenvalue weighted by Crippen LogP contribution is -2.36. The molecule has 9 nitrogen and oxygen atoms in total. The third-order valence-electron chi connectivity index (χ3n) is 4.20. The van der Waals surface area contributed by atoms with Crippen LogP contribution in [0.5, 0.6) is 0 Å². The first-order valence-electron chi connectivity index (χ1n) is 10.8. The van der Waals surface area contributed by atoms with E-state index in [1.165, 1.54) is 0 Å². The summed E-state index contributed by atoms with van der Waals surface area (Å²) in [6, 6.07) is 0. The molecule has 0 fully saturated rings. The summed E-state index contributed by atoms with van der Waals surface area (Å²) in [5.74, 6) is -0.148. The van der Waals surface area contributed by atoms with Crippen molar-refractivity contribution in [1.82, 2.24) is 16.0 Å². The Labute approximate surface area is 181 Å². The van der Waals surface area contributed by atoms with Crippen molar-refractivity contribution in [2.24, 2.45) is 5.41 Å². The molecule has 0 unspecified atom stereocenters. The molecule has 0 spiro atoms. The van der Waals surface area contributed by atoms with Crippen LogP contribution in [0.25, 0.3) is 0 Å². The average molecular weight is 432 g/mol. The van der Waals surface area contributed by atoms with Crippen LogP contribution in [-0.4, -0.2) is 77.5 Å². The molecule has 176 valence electrons. The second kappa shape index (κ2) is 18.1. The minimum Gasteiger partial charge on any atom is -0.380 e. The fourth-order valence-corrected chi connectivity index (χ4v) is 2.41. The molecule has 0 heterocycles. The Morgan fingerprint density at radius 3 is 1.40 bits per heavy atom. The molecular formula is C21H41N3O6. The molecule has 0 bridgehead atoms. The summed E-state index contributed by atoms with van der Waals surface area (Å²) >= 11 is 0. The zero-order chi connectivity index (χ0) is 22.7. The van der Waals surface area contributed by atoms with Gasteiger partial charge < -0.3 is 30.2 Å². The van der Waals surface area contributed by atoms with Gasteiger partial charge in [-0.3, -0.25) is 14.4 Å². The molecule has 9 heteroatoms. The van der Waals surface area contributed by atoms with Gasteiger partial charge in [-0.05, 0) is 12.8 Å². The lowest BCUT2D eigenvalue weighted by Gasteiger charge is -2.29. The number of hydrogen-bond acceptors (Lipinski definition) is 6. The van der Waals surface area contributed by atoms with Crippen LogP contribution in [0.3, 0.4) is 0 Å². The highest BCUT2D eigenvalue weighted by molar-refractivity contribution is 5.76. The van der Waals surface area contributed by atoms with Gasteiger partial charge in [0.1, 0.15) is 0 Å². The van der Waals surface area contributed by atoms with Crippen LogP contribution >= 0.6 is 0 Å². The van der Waals surface area contributed by atoms with E-state index in [1.54, 1.807) is 7.05 Å². The lowest BCUT2D eigenvalue weighted by atomic mass is 9.94. The molecule has 0 saturated heterocycles. The van der Waals surface area contributed by atoms with Crippen molar-refractivity contribution < 1.29 is 28.6 Å². The van der Waals surface area contributed by atoms with Gasteiger partial charge in [0, 0.05) is 44.8 Å². The normalized spacial score (nSPS) is 11.2. The van der Waals surface area contributed by atoms with Gasteiger partial charge in [-0.1, -0.05) is 20.8 Å². The van der Waals surface area contributed by atoms with E-state index >= 15 is 0 Å². The van der Waals surface area contributed by atoms with E-state index < -0.39 is 5.41 Å². The number of carbonyl (C=O) groups is 3. The fraction of sp³-hybridized carbons (Fsp3) is 0.857. The van der Waals surface area contributed by atoms with E-state index in [9.17, 15) is 14.4 Å². The molecule has 30 heavy (non-hydrogen) atoms. The molecule has 0 rings (SSSR count). The predicted molar refractivity (Wildman–Crippen MR) is 115 cm³/mol. The average Bonchev–Trinajstić information content (AvgIpc) is 2.74. The molecule has 3 amide bonds. The smallest absolute Gasteiger partial charge is 0.222 e. The lowest BCUT2D eigenvalue weighted by molar-refractivity contribution is -0.123. The maximum absolute atomic E-state index is 11.7. The van der Waals surface area contributed by atoms with Crippen molar-refractivity contribution in [3.05, 3.63) is 0 Å². The summed E-state index contributed by atoms with van der Waals surface area (Å²) in [6.07, 6.45) is 2.67. The fourth-order valence-electron chi connectivity index (χ4n) is 2.41. The Hall–Kier alpha value is -1.71. The van der Waals surface area contributed by atoms with Gasteiger partial charge in [-0.15, -0.1) is 0 Å². The van der Waals surface area contributed by atoms with E-state index in [0.29, 0.717) is 65.6 Å². The number of rotatable bonds is 19. The number of hydrogen-bond donors (Lipinski definition) is 3. The Bertz CT molecular complexity index is 459. The first-order valence-corrected chi connectivity index (χ1v) is 10.8. The highest BCUT2D eigenvalue weighted by Crippen LogP contribution is 2.19.